The van der Waals surface area contributed by atoms with Crippen LogP contribution in [0.5, 0.6) is 0 Å². The average molecular weight is 619 g/mol. The molecule has 0 radical (unpaired) electrons. The van der Waals surface area contributed by atoms with Gasteiger partial charge in [0, 0.05) is 49.5 Å². The van der Waals surface area contributed by atoms with Gasteiger partial charge in [-0.2, -0.15) is 0 Å². The lowest BCUT2D eigenvalue weighted by atomic mass is 9.98. The minimum absolute atomic E-state index is 0.886. The van der Waals surface area contributed by atoms with E-state index in [1.54, 1.807) is 11.3 Å². The molecule has 10 rings (SSSR count). The lowest BCUT2D eigenvalue weighted by Crippen LogP contribution is -2.11. The number of nitrogens with zero attached hydrogens (tertiary/aromatic N) is 2. The third-order valence-electron chi connectivity index (χ3n) is 9.25. The molecule has 9 aromatic rings. The lowest BCUT2D eigenvalue weighted by Gasteiger charge is -2.29. The first kappa shape index (κ1) is 26.3. The van der Waals surface area contributed by atoms with Gasteiger partial charge < -0.3 is 9.32 Å². The number of furan rings is 1. The average Bonchev–Trinajstić information content (AvgIpc) is 3.82. The number of para-hydroxylation sites is 2. The SMILES string of the molecule is c1ccc(-c2nc3c(s2)-c2cccc4c(N(c5ccc6oc7ccccc7c6c5)c5ccccc5-c5ccccc5)ccc-3c24)cc1. The van der Waals surface area contributed by atoms with Crippen molar-refractivity contribution in [1.29, 1.82) is 0 Å². The number of rotatable bonds is 5. The van der Waals surface area contributed by atoms with Crippen LogP contribution in [0.1, 0.15) is 0 Å². The molecule has 2 heterocycles. The second-order valence-electron chi connectivity index (χ2n) is 11.9. The van der Waals surface area contributed by atoms with Crippen LogP contribution in [0.2, 0.25) is 0 Å². The second kappa shape index (κ2) is 10.3. The number of anilines is 3. The number of aromatic nitrogens is 1. The van der Waals surface area contributed by atoms with E-state index in [2.05, 4.69) is 150 Å². The van der Waals surface area contributed by atoms with Crippen molar-refractivity contribution in [3.8, 4) is 43.4 Å². The summed E-state index contributed by atoms with van der Waals surface area (Å²) < 4.78 is 6.25. The molecule has 0 saturated heterocycles. The highest BCUT2D eigenvalue weighted by atomic mass is 32.1. The first-order chi connectivity index (χ1) is 23.3. The van der Waals surface area contributed by atoms with E-state index in [1.165, 1.54) is 37.9 Å². The zero-order chi connectivity index (χ0) is 30.9. The first-order valence-electron chi connectivity index (χ1n) is 15.8. The molecule has 0 saturated carbocycles. The van der Waals surface area contributed by atoms with Crippen LogP contribution in [0.3, 0.4) is 0 Å². The minimum Gasteiger partial charge on any atom is -0.456 e. The normalized spacial score (nSPS) is 11.8. The summed E-state index contributed by atoms with van der Waals surface area (Å²) in [7, 11) is 0. The van der Waals surface area contributed by atoms with Crippen molar-refractivity contribution in [3.05, 3.63) is 158 Å². The molecule has 4 heteroatoms. The fourth-order valence-corrected chi connectivity index (χ4v) is 8.27. The Bertz CT molecular complexity index is 2610. The number of hydrogen-bond donors (Lipinski definition) is 0. The van der Waals surface area contributed by atoms with Gasteiger partial charge in [0.2, 0.25) is 0 Å². The Morgan fingerprint density at radius 1 is 0.489 bits per heavy atom. The van der Waals surface area contributed by atoms with Crippen LogP contribution < -0.4 is 4.90 Å². The number of fused-ring (bicyclic) bond motifs is 6. The van der Waals surface area contributed by atoms with E-state index in [0.717, 1.165) is 55.3 Å². The number of benzene rings is 7. The molecule has 0 spiro atoms. The highest BCUT2D eigenvalue weighted by Crippen LogP contribution is 2.54. The summed E-state index contributed by atoms with van der Waals surface area (Å²) in [6.07, 6.45) is 0. The molecule has 0 N–H and O–H groups in total. The lowest BCUT2D eigenvalue weighted by molar-refractivity contribution is 0.669. The van der Waals surface area contributed by atoms with Gasteiger partial charge in [0.25, 0.3) is 0 Å². The van der Waals surface area contributed by atoms with Crippen LogP contribution in [-0.2, 0) is 0 Å². The van der Waals surface area contributed by atoms with Gasteiger partial charge in [0.15, 0.2) is 0 Å². The Morgan fingerprint density at radius 3 is 2.06 bits per heavy atom. The van der Waals surface area contributed by atoms with Crippen LogP contribution in [-0.4, -0.2) is 4.98 Å². The van der Waals surface area contributed by atoms with Crippen molar-refractivity contribution in [2.75, 3.05) is 4.90 Å². The van der Waals surface area contributed by atoms with E-state index in [1.807, 2.05) is 12.1 Å². The summed E-state index contributed by atoms with van der Waals surface area (Å²) in [6.45, 7) is 0. The van der Waals surface area contributed by atoms with Crippen LogP contribution in [0, 0.1) is 0 Å². The molecular formula is C43H26N2OS. The fraction of sp³-hybridized carbons (Fsp3) is 0. The van der Waals surface area contributed by atoms with Gasteiger partial charge in [0.1, 0.15) is 16.2 Å². The predicted octanol–water partition coefficient (Wildman–Crippen LogP) is 12.6. The molecule has 0 atom stereocenters. The summed E-state index contributed by atoms with van der Waals surface area (Å²) in [5.41, 5.74) is 12.1. The van der Waals surface area contributed by atoms with Crippen LogP contribution in [0.25, 0.3) is 76.1 Å². The Hall–Kier alpha value is -5.97. The molecule has 0 fully saturated rings. The molecule has 47 heavy (non-hydrogen) atoms. The van der Waals surface area contributed by atoms with Gasteiger partial charge in [-0.25, -0.2) is 4.98 Å². The van der Waals surface area contributed by atoms with Crippen LogP contribution in [0.15, 0.2) is 162 Å². The maximum Gasteiger partial charge on any atom is 0.135 e. The van der Waals surface area contributed by atoms with Gasteiger partial charge in [-0.05, 0) is 42.0 Å². The zero-order valence-electron chi connectivity index (χ0n) is 25.2. The molecule has 1 aliphatic rings. The fourth-order valence-electron chi connectivity index (χ4n) is 7.15. The topological polar surface area (TPSA) is 29.3 Å². The van der Waals surface area contributed by atoms with Crippen molar-refractivity contribution in [3.63, 3.8) is 0 Å². The summed E-state index contributed by atoms with van der Waals surface area (Å²) in [4.78, 5) is 8.86. The summed E-state index contributed by atoms with van der Waals surface area (Å²) in [5, 5.41) is 5.74. The van der Waals surface area contributed by atoms with Crippen molar-refractivity contribution in [2.24, 2.45) is 0 Å². The Balaban J connectivity index is 1.22. The van der Waals surface area contributed by atoms with Crippen molar-refractivity contribution < 1.29 is 4.42 Å². The molecule has 0 aliphatic heterocycles. The van der Waals surface area contributed by atoms with Crippen LogP contribution >= 0.6 is 11.3 Å². The van der Waals surface area contributed by atoms with Gasteiger partial charge in [-0.15, -0.1) is 11.3 Å². The number of thiazole rings is 1. The molecule has 7 aromatic carbocycles. The van der Waals surface area contributed by atoms with Crippen molar-refractivity contribution >= 4 is 61.1 Å². The van der Waals surface area contributed by atoms with Crippen molar-refractivity contribution in [1.82, 2.24) is 4.98 Å². The standard InChI is InChI=1S/C43H26N2OS/c1-3-12-27(13-4-1)30-16-7-9-20-36(30)45(29-22-25-39-35(26-29)31-17-8-10-21-38(31)46-39)37-24-23-33-40-32(37)18-11-19-34(40)42-41(33)44-43(47-42)28-14-5-2-6-15-28/h1-26H. The molecule has 0 amide bonds. The van der Waals surface area contributed by atoms with E-state index in [9.17, 15) is 0 Å². The van der Waals surface area contributed by atoms with E-state index >= 15 is 0 Å². The molecule has 3 nitrogen and oxygen atoms in total. The highest BCUT2D eigenvalue weighted by molar-refractivity contribution is 7.19. The third kappa shape index (κ3) is 4.02. The Labute approximate surface area is 275 Å². The van der Waals surface area contributed by atoms with E-state index < -0.39 is 0 Å². The third-order valence-corrected chi connectivity index (χ3v) is 10.4. The molecule has 220 valence electrons. The molecule has 0 unspecified atom stereocenters. The Kier molecular flexibility index (Phi) is 5.74. The maximum atomic E-state index is 6.25. The smallest absolute Gasteiger partial charge is 0.135 e. The van der Waals surface area contributed by atoms with E-state index in [0.29, 0.717) is 0 Å². The van der Waals surface area contributed by atoms with Gasteiger partial charge >= 0.3 is 0 Å². The predicted molar refractivity (Wildman–Crippen MR) is 197 cm³/mol. The van der Waals surface area contributed by atoms with Gasteiger partial charge in [-0.3, -0.25) is 0 Å². The largest absolute Gasteiger partial charge is 0.456 e. The summed E-state index contributed by atoms with van der Waals surface area (Å²) >= 11 is 1.78. The first-order valence-corrected chi connectivity index (χ1v) is 16.6. The molecular weight excluding hydrogens is 593 g/mol. The zero-order valence-corrected chi connectivity index (χ0v) is 26.0. The van der Waals surface area contributed by atoms with Gasteiger partial charge in [-0.1, -0.05) is 121 Å². The van der Waals surface area contributed by atoms with Crippen LogP contribution in [0.4, 0.5) is 17.1 Å². The second-order valence-corrected chi connectivity index (χ2v) is 12.9. The minimum atomic E-state index is 0.886. The monoisotopic (exact) mass is 618 g/mol. The van der Waals surface area contributed by atoms with E-state index in [4.69, 9.17) is 9.40 Å². The van der Waals surface area contributed by atoms with Crippen molar-refractivity contribution in [2.45, 2.75) is 0 Å². The Morgan fingerprint density at radius 2 is 1.19 bits per heavy atom. The quantitative estimate of drug-likeness (QED) is 0.192. The highest BCUT2D eigenvalue weighted by Gasteiger charge is 2.29. The summed E-state index contributed by atoms with van der Waals surface area (Å²) in [5.74, 6) is 0. The van der Waals surface area contributed by atoms with Gasteiger partial charge in [0.05, 0.1) is 21.9 Å². The molecule has 1 aliphatic carbocycles. The molecule has 2 aromatic heterocycles. The number of hydrogen-bond acceptors (Lipinski definition) is 4. The molecule has 0 bridgehead atoms. The summed E-state index contributed by atoms with van der Waals surface area (Å²) in [6, 6.07) is 55.9. The maximum absolute atomic E-state index is 6.25. The van der Waals surface area contributed by atoms with E-state index in [-0.39, 0.29) is 0 Å².